The van der Waals surface area contributed by atoms with E-state index in [0.29, 0.717) is 42.3 Å². The molecule has 1 aliphatic rings. The molecule has 0 aliphatic carbocycles. The first kappa shape index (κ1) is 19.7. The fraction of sp³-hybridized carbons (Fsp3) is 0.316. The number of hydrogen-bond acceptors (Lipinski definition) is 5. The van der Waals surface area contributed by atoms with E-state index < -0.39 is 16.0 Å². The number of methoxy groups -OCH3 is 1. The summed E-state index contributed by atoms with van der Waals surface area (Å²) in [5.74, 6) is -0.489. The zero-order valence-electron chi connectivity index (χ0n) is 15.2. The molecule has 0 saturated carbocycles. The molecule has 0 N–H and O–H groups in total. The topological polar surface area (TPSA) is 66.9 Å². The highest BCUT2D eigenvalue weighted by Crippen LogP contribution is 2.25. The zero-order chi connectivity index (χ0) is 19.6. The number of carbonyl (C=O) groups excluding carboxylic acids is 1. The maximum absolute atomic E-state index is 13.0. The maximum Gasteiger partial charge on any atom is 0.337 e. The van der Waals surface area contributed by atoms with Gasteiger partial charge in [-0.25, -0.2) is 13.2 Å². The third-order valence-electron chi connectivity index (χ3n) is 4.63. The number of nitrogens with zero attached hydrogens (tertiary/aromatic N) is 2. The average Bonchev–Trinajstić information content (AvgIpc) is 2.67. The van der Waals surface area contributed by atoms with Crippen molar-refractivity contribution in [2.45, 2.75) is 11.8 Å². The summed E-state index contributed by atoms with van der Waals surface area (Å²) in [5.41, 5.74) is 1.84. The molecule has 1 fully saturated rings. The van der Waals surface area contributed by atoms with E-state index in [2.05, 4.69) is 9.64 Å². The van der Waals surface area contributed by atoms with Gasteiger partial charge >= 0.3 is 5.97 Å². The summed E-state index contributed by atoms with van der Waals surface area (Å²) in [4.78, 5) is 14.0. The van der Waals surface area contributed by atoms with Crippen LogP contribution in [0.5, 0.6) is 0 Å². The summed E-state index contributed by atoms with van der Waals surface area (Å²) in [6.45, 7) is 3.61. The Morgan fingerprint density at radius 3 is 2.37 bits per heavy atom. The van der Waals surface area contributed by atoms with Crippen LogP contribution in [0.25, 0.3) is 0 Å². The number of piperazine rings is 1. The van der Waals surface area contributed by atoms with E-state index in [1.807, 2.05) is 24.3 Å². The van der Waals surface area contributed by atoms with Crippen molar-refractivity contribution in [3.05, 3.63) is 58.6 Å². The average molecular weight is 409 g/mol. The van der Waals surface area contributed by atoms with Gasteiger partial charge in [-0.05, 0) is 48.9 Å². The zero-order valence-corrected chi connectivity index (χ0v) is 16.8. The van der Waals surface area contributed by atoms with E-state index >= 15 is 0 Å². The number of hydrogen-bond donors (Lipinski definition) is 0. The van der Waals surface area contributed by atoms with Gasteiger partial charge in [0.1, 0.15) is 0 Å². The number of benzene rings is 2. The first-order valence-corrected chi connectivity index (χ1v) is 10.3. The molecule has 1 heterocycles. The summed E-state index contributed by atoms with van der Waals surface area (Å²) in [7, 11) is -2.33. The second-order valence-corrected chi connectivity index (χ2v) is 8.69. The van der Waals surface area contributed by atoms with Gasteiger partial charge in [-0.3, -0.25) is 0 Å². The van der Waals surface area contributed by atoms with Crippen molar-refractivity contribution in [2.75, 3.05) is 38.2 Å². The number of esters is 1. The standard InChI is InChI=1S/C19H21ClN2O4S/c1-14-12-15(19(23)26-2)6-7-18(14)27(24,25)22-10-8-21(9-11-22)17-5-3-4-16(20)13-17/h3-7,12-13H,8-11H2,1-2H3. The molecule has 0 atom stereocenters. The molecule has 2 aromatic carbocycles. The van der Waals surface area contributed by atoms with Crippen molar-refractivity contribution in [2.24, 2.45) is 0 Å². The Morgan fingerprint density at radius 1 is 1.07 bits per heavy atom. The largest absolute Gasteiger partial charge is 0.465 e. The lowest BCUT2D eigenvalue weighted by Crippen LogP contribution is -2.48. The molecule has 6 nitrogen and oxygen atoms in total. The predicted molar refractivity (Wildman–Crippen MR) is 105 cm³/mol. The molecule has 1 aliphatic heterocycles. The van der Waals surface area contributed by atoms with Crippen LogP contribution >= 0.6 is 11.6 Å². The Balaban J connectivity index is 1.76. The molecule has 0 amide bonds. The Hall–Kier alpha value is -2.09. The van der Waals surface area contributed by atoms with E-state index in [1.54, 1.807) is 13.0 Å². The van der Waals surface area contributed by atoms with Crippen molar-refractivity contribution in [1.29, 1.82) is 0 Å². The third-order valence-corrected chi connectivity index (χ3v) is 6.92. The van der Waals surface area contributed by atoms with Crippen molar-refractivity contribution < 1.29 is 17.9 Å². The van der Waals surface area contributed by atoms with Crippen LogP contribution in [0.15, 0.2) is 47.4 Å². The number of sulfonamides is 1. The van der Waals surface area contributed by atoms with E-state index in [9.17, 15) is 13.2 Å². The van der Waals surface area contributed by atoms with Crippen molar-refractivity contribution in [1.82, 2.24) is 4.31 Å². The smallest absolute Gasteiger partial charge is 0.337 e. The molecule has 0 radical (unpaired) electrons. The maximum atomic E-state index is 13.0. The van der Waals surface area contributed by atoms with Crippen LogP contribution in [0.3, 0.4) is 0 Å². The van der Waals surface area contributed by atoms with E-state index in [0.717, 1.165) is 5.69 Å². The third kappa shape index (κ3) is 4.10. The predicted octanol–water partition coefficient (Wildman–Crippen LogP) is 2.95. The van der Waals surface area contributed by atoms with E-state index in [1.165, 1.54) is 23.5 Å². The quantitative estimate of drug-likeness (QED) is 0.727. The second kappa shape index (κ2) is 7.88. The van der Waals surface area contributed by atoms with Gasteiger partial charge in [0.05, 0.1) is 17.6 Å². The molecular formula is C19H21ClN2O4S. The summed E-state index contributed by atoms with van der Waals surface area (Å²) < 4.78 is 32.2. The number of rotatable bonds is 4. The van der Waals surface area contributed by atoms with Gasteiger partial charge in [-0.1, -0.05) is 17.7 Å². The summed E-state index contributed by atoms with van der Waals surface area (Å²) in [5, 5.41) is 0.656. The molecule has 0 aromatic heterocycles. The van der Waals surface area contributed by atoms with E-state index in [4.69, 9.17) is 11.6 Å². The minimum absolute atomic E-state index is 0.214. The van der Waals surface area contributed by atoms with Crippen LogP contribution in [0.1, 0.15) is 15.9 Å². The second-order valence-electron chi connectivity index (χ2n) is 6.34. The number of anilines is 1. The Labute approximate surface area is 164 Å². The minimum atomic E-state index is -3.63. The SMILES string of the molecule is COC(=O)c1ccc(S(=O)(=O)N2CCN(c3cccc(Cl)c3)CC2)c(C)c1. The highest BCUT2D eigenvalue weighted by Gasteiger charge is 2.30. The van der Waals surface area contributed by atoms with Crippen LogP contribution < -0.4 is 4.90 Å². The monoisotopic (exact) mass is 408 g/mol. The molecule has 2 aromatic rings. The molecule has 144 valence electrons. The highest BCUT2D eigenvalue weighted by atomic mass is 35.5. The fourth-order valence-electron chi connectivity index (χ4n) is 3.18. The van der Waals surface area contributed by atoms with Gasteiger partial charge in [0.25, 0.3) is 0 Å². The lowest BCUT2D eigenvalue weighted by atomic mass is 10.1. The Morgan fingerprint density at radius 2 is 1.78 bits per heavy atom. The molecule has 27 heavy (non-hydrogen) atoms. The minimum Gasteiger partial charge on any atom is -0.465 e. The summed E-state index contributed by atoms with van der Waals surface area (Å²) in [6, 6.07) is 12.0. The number of carbonyl (C=O) groups is 1. The van der Waals surface area contributed by atoms with Crippen molar-refractivity contribution in [3.8, 4) is 0 Å². The molecule has 0 spiro atoms. The van der Waals surface area contributed by atoms with Crippen molar-refractivity contribution in [3.63, 3.8) is 0 Å². The van der Waals surface area contributed by atoms with Gasteiger partial charge in [0.15, 0.2) is 0 Å². The number of ether oxygens (including phenoxy) is 1. The normalized spacial score (nSPS) is 15.6. The molecule has 8 heteroatoms. The molecule has 3 rings (SSSR count). The molecule has 0 bridgehead atoms. The van der Waals surface area contributed by atoms with Crippen LogP contribution in [-0.4, -0.2) is 52.0 Å². The van der Waals surface area contributed by atoms with Gasteiger partial charge < -0.3 is 9.64 Å². The number of halogens is 1. The van der Waals surface area contributed by atoms with Gasteiger partial charge in [0.2, 0.25) is 10.0 Å². The Bertz CT molecular complexity index is 954. The fourth-order valence-corrected chi connectivity index (χ4v) is 4.99. The summed E-state index contributed by atoms with van der Waals surface area (Å²) >= 11 is 6.04. The number of aryl methyl sites for hydroxylation is 1. The first-order chi connectivity index (χ1) is 12.8. The highest BCUT2D eigenvalue weighted by molar-refractivity contribution is 7.89. The van der Waals surface area contributed by atoms with Gasteiger partial charge in [-0.2, -0.15) is 4.31 Å². The van der Waals surface area contributed by atoms with Crippen LogP contribution in [-0.2, 0) is 14.8 Å². The molecule has 0 unspecified atom stereocenters. The Kier molecular flexibility index (Phi) is 5.74. The molecule has 1 saturated heterocycles. The van der Waals surface area contributed by atoms with Crippen LogP contribution in [0.4, 0.5) is 5.69 Å². The molecular weight excluding hydrogens is 388 g/mol. The van der Waals surface area contributed by atoms with Crippen LogP contribution in [0, 0.1) is 6.92 Å². The van der Waals surface area contributed by atoms with Gasteiger partial charge in [0, 0.05) is 36.9 Å². The van der Waals surface area contributed by atoms with E-state index in [-0.39, 0.29) is 4.90 Å². The van der Waals surface area contributed by atoms with Crippen LogP contribution in [0.2, 0.25) is 5.02 Å². The van der Waals surface area contributed by atoms with Gasteiger partial charge in [-0.15, -0.1) is 0 Å². The first-order valence-electron chi connectivity index (χ1n) is 8.52. The lowest BCUT2D eigenvalue weighted by Gasteiger charge is -2.35. The van der Waals surface area contributed by atoms with Crippen molar-refractivity contribution >= 4 is 33.3 Å². The summed E-state index contributed by atoms with van der Waals surface area (Å²) in [6.07, 6.45) is 0. The lowest BCUT2D eigenvalue weighted by molar-refractivity contribution is 0.0600.